The van der Waals surface area contributed by atoms with Crippen LogP contribution in [-0.2, 0) is 0 Å². The van der Waals surface area contributed by atoms with Crippen LogP contribution in [0.4, 0.5) is 0 Å². The summed E-state index contributed by atoms with van der Waals surface area (Å²) < 4.78 is 0. The topological polar surface area (TPSA) is 58.6 Å². The molecule has 0 aliphatic heterocycles. The SMILES string of the molecule is O=c1[nH]c2ccccc2nc1/C=C/c1csc(-c2ccc(Cl)cc2)n1. The second-order valence-corrected chi connectivity index (χ2v) is 6.68. The number of nitrogens with one attached hydrogen (secondary N) is 1. The quantitative estimate of drug-likeness (QED) is 0.563. The van der Waals surface area contributed by atoms with Crippen LogP contribution in [-0.4, -0.2) is 15.0 Å². The van der Waals surface area contributed by atoms with Crippen LogP contribution in [0.2, 0.25) is 5.02 Å². The number of hydrogen-bond donors (Lipinski definition) is 1. The van der Waals surface area contributed by atoms with Gasteiger partial charge in [0.2, 0.25) is 0 Å². The molecule has 25 heavy (non-hydrogen) atoms. The summed E-state index contributed by atoms with van der Waals surface area (Å²) in [7, 11) is 0. The van der Waals surface area contributed by atoms with Gasteiger partial charge in [0.05, 0.1) is 16.7 Å². The van der Waals surface area contributed by atoms with E-state index in [1.54, 1.807) is 12.2 Å². The van der Waals surface area contributed by atoms with Crippen LogP contribution in [0.1, 0.15) is 11.4 Å². The van der Waals surface area contributed by atoms with Crippen LogP contribution in [0.25, 0.3) is 33.8 Å². The van der Waals surface area contributed by atoms with E-state index in [2.05, 4.69) is 15.0 Å². The van der Waals surface area contributed by atoms with E-state index in [0.29, 0.717) is 10.7 Å². The Morgan fingerprint density at radius 1 is 1.00 bits per heavy atom. The number of aromatic nitrogens is 3. The summed E-state index contributed by atoms with van der Waals surface area (Å²) in [5, 5.41) is 3.54. The van der Waals surface area contributed by atoms with Crippen molar-refractivity contribution in [3.05, 3.63) is 80.7 Å². The number of para-hydroxylation sites is 2. The lowest BCUT2D eigenvalue weighted by Crippen LogP contribution is -2.11. The maximum absolute atomic E-state index is 12.1. The number of nitrogens with zero attached hydrogens (tertiary/aromatic N) is 2. The van der Waals surface area contributed by atoms with Crippen LogP contribution < -0.4 is 5.56 Å². The molecule has 4 aromatic rings. The number of benzene rings is 2. The van der Waals surface area contributed by atoms with Crippen molar-refractivity contribution in [1.82, 2.24) is 15.0 Å². The molecule has 0 spiro atoms. The molecule has 2 heterocycles. The lowest BCUT2D eigenvalue weighted by molar-refractivity contribution is 1.19. The molecule has 122 valence electrons. The third-order valence-electron chi connectivity index (χ3n) is 3.65. The summed E-state index contributed by atoms with van der Waals surface area (Å²) in [6.45, 7) is 0. The van der Waals surface area contributed by atoms with E-state index in [9.17, 15) is 4.79 Å². The summed E-state index contributed by atoms with van der Waals surface area (Å²) in [4.78, 5) is 23.9. The molecular formula is C19H12ClN3OS. The summed E-state index contributed by atoms with van der Waals surface area (Å²) in [6.07, 6.45) is 3.48. The van der Waals surface area contributed by atoms with Crippen LogP contribution in [0.15, 0.2) is 58.7 Å². The Morgan fingerprint density at radius 2 is 1.80 bits per heavy atom. The maximum Gasteiger partial charge on any atom is 0.274 e. The number of thiazole rings is 1. The van der Waals surface area contributed by atoms with Gasteiger partial charge in [0.25, 0.3) is 5.56 Å². The highest BCUT2D eigenvalue weighted by atomic mass is 35.5. The van der Waals surface area contributed by atoms with Crippen LogP contribution in [0.5, 0.6) is 0 Å². The van der Waals surface area contributed by atoms with Gasteiger partial charge in [-0.15, -0.1) is 11.3 Å². The zero-order valence-corrected chi connectivity index (χ0v) is 14.5. The molecule has 0 aliphatic carbocycles. The number of hydrogen-bond acceptors (Lipinski definition) is 4. The van der Waals surface area contributed by atoms with Gasteiger partial charge >= 0.3 is 0 Å². The van der Waals surface area contributed by atoms with Crippen molar-refractivity contribution in [1.29, 1.82) is 0 Å². The standard InChI is InChI=1S/C19H12ClN3OS/c20-13-7-5-12(6-8-13)19-21-14(11-25-19)9-10-17-18(24)23-16-4-2-1-3-15(16)22-17/h1-11H,(H,23,24)/b10-9+. The Hall–Kier alpha value is -2.76. The fourth-order valence-electron chi connectivity index (χ4n) is 2.41. The number of H-pyrrole nitrogens is 1. The number of fused-ring (bicyclic) bond motifs is 1. The Morgan fingerprint density at radius 3 is 2.64 bits per heavy atom. The summed E-state index contributed by atoms with van der Waals surface area (Å²) in [5.74, 6) is 0. The molecule has 1 N–H and O–H groups in total. The first-order valence-corrected chi connectivity index (χ1v) is 8.83. The summed E-state index contributed by atoms with van der Waals surface area (Å²) in [6, 6.07) is 15.0. The zero-order chi connectivity index (χ0) is 17.2. The van der Waals surface area contributed by atoms with Crippen molar-refractivity contribution in [2.24, 2.45) is 0 Å². The Labute approximate surface area is 152 Å². The average molecular weight is 366 g/mol. The smallest absolute Gasteiger partial charge is 0.274 e. The van der Waals surface area contributed by atoms with Crippen molar-refractivity contribution >= 4 is 46.1 Å². The first kappa shape index (κ1) is 15.7. The van der Waals surface area contributed by atoms with Crippen molar-refractivity contribution in [2.45, 2.75) is 0 Å². The van der Waals surface area contributed by atoms with Crippen molar-refractivity contribution < 1.29 is 0 Å². The van der Waals surface area contributed by atoms with Crippen molar-refractivity contribution in [3.8, 4) is 10.6 Å². The van der Waals surface area contributed by atoms with Crippen LogP contribution >= 0.6 is 22.9 Å². The molecule has 0 bridgehead atoms. The molecule has 2 aromatic carbocycles. The monoisotopic (exact) mass is 365 g/mol. The van der Waals surface area contributed by atoms with Crippen LogP contribution in [0.3, 0.4) is 0 Å². The van der Waals surface area contributed by atoms with Crippen molar-refractivity contribution in [2.75, 3.05) is 0 Å². The molecule has 0 fully saturated rings. The molecule has 0 atom stereocenters. The molecular weight excluding hydrogens is 354 g/mol. The predicted octanol–water partition coefficient (Wildman–Crippen LogP) is 4.87. The van der Waals surface area contributed by atoms with Gasteiger partial charge in [-0.2, -0.15) is 0 Å². The lowest BCUT2D eigenvalue weighted by Gasteiger charge is -1.98. The maximum atomic E-state index is 12.1. The molecule has 0 radical (unpaired) electrons. The minimum absolute atomic E-state index is 0.219. The number of halogens is 1. The molecule has 2 aromatic heterocycles. The first-order valence-electron chi connectivity index (χ1n) is 7.58. The molecule has 0 unspecified atom stereocenters. The van der Waals surface area contributed by atoms with E-state index in [0.717, 1.165) is 27.3 Å². The van der Waals surface area contributed by atoms with E-state index in [4.69, 9.17) is 11.6 Å². The third-order valence-corrected chi connectivity index (χ3v) is 4.81. The lowest BCUT2D eigenvalue weighted by atomic mass is 10.2. The zero-order valence-electron chi connectivity index (χ0n) is 12.9. The number of rotatable bonds is 3. The predicted molar refractivity (Wildman–Crippen MR) is 104 cm³/mol. The van der Waals surface area contributed by atoms with Gasteiger partial charge in [0.1, 0.15) is 10.7 Å². The molecule has 6 heteroatoms. The molecule has 0 aliphatic rings. The highest BCUT2D eigenvalue weighted by molar-refractivity contribution is 7.13. The second-order valence-electron chi connectivity index (χ2n) is 5.39. The van der Waals surface area contributed by atoms with Crippen LogP contribution in [0, 0.1) is 0 Å². The molecule has 0 saturated carbocycles. The first-order chi connectivity index (χ1) is 12.2. The molecule has 0 saturated heterocycles. The molecule has 0 amide bonds. The van der Waals surface area contributed by atoms with Gasteiger partial charge in [-0.3, -0.25) is 4.79 Å². The van der Waals surface area contributed by atoms with Gasteiger partial charge in [-0.1, -0.05) is 35.9 Å². The minimum atomic E-state index is -0.219. The van der Waals surface area contributed by atoms with E-state index in [1.165, 1.54) is 11.3 Å². The minimum Gasteiger partial charge on any atom is -0.319 e. The number of aromatic amines is 1. The molecule has 4 nitrogen and oxygen atoms in total. The highest BCUT2D eigenvalue weighted by Gasteiger charge is 2.04. The average Bonchev–Trinajstić information content (AvgIpc) is 3.09. The van der Waals surface area contributed by atoms with E-state index in [1.807, 2.05) is 53.9 Å². The van der Waals surface area contributed by atoms with E-state index >= 15 is 0 Å². The van der Waals surface area contributed by atoms with Gasteiger partial charge in [-0.25, -0.2) is 9.97 Å². The van der Waals surface area contributed by atoms with E-state index < -0.39 is 0 Å². The Kier molecular flexibility index (Phi) is 4.17. The Balaban J connectivity index is 1.63. The van der Waals surface area contributed by atoms with E-state index in [-0.39, 0.29) is 5.56 Å². The van der Waals surface area contributed by atoms with Gasteiger partial charge in [0.15, 0.2) is 0 Å². The summed E-state index contributed by atoms with van der Waals surface area (Å²) >= 11 is 7.45. The van der Waals surface area contributed by atoms with Gasteiger partial charge < -0.3 is 4.98 Å². The normalized spacial score (nSPS) is 11.4. The van der Waals surface area contributed by atoms with Crippen molar-refractivity contribution in [3.63, 3.8) is 0 Å². The fourth-order valence-corrected chi connectivity index (χ4v) is 3.33. The Bertz CT molecular complexity index is 1130. The largest absolute Gasteiger partial charge is 0.319 e. The van der Waals surface area contributed by atoms with Gasteiger partial charge in [-0.05, 0) is 36.4 Å². The third kappa shape index (κ3) is 3.38. The molecule has 4 rings (SSSR count). The second kappa shape index (κ2) is 6.63. The highest BCUT2D eigenvalue weighted by Crippen LogP contribution is 2.25. The van der Waals surface area contributed by atoms with Gasteiger partial charge in [0, 0.05) is 16.0 Å². The summed E-state index contributed by atoms with van der Waals surface area (Å²) in [5.41, 5.74) is 3.41. The fraction of sp³-hybridized carbons (Fsp3) is 0.